The molecule has 0 aliphatic carbocycles. The lowest BCUT2D eigenvalue weighted by atomic mass is 9.91. The van der Waals surface area contributed by atoms with E-state index in [1.54, 1.807) is 0 Å². The number of halogens is 1. The molecule has 1 atom stereocenters. The van der Waals surface area contributed by atoms with Crippen LogP contribution in [0.25, 0.3) is 0 Å². The second kappa shape index (κ2) is 3.89. The highest BCUT2D eigenvalue weighted by molar-refractivity contribution is 9.10. The van der Waals surface area contributed by atoms with Gasteiger partial charge in [0, 0.05) is 36.7 Å². The molecule has 1 fully saturated rings. The summed E-state index contributed by atoms with van der Waals surface area (Å²) in [6, 6.07) is 7.33. The van der Waals surface area contributed by atoms with Crippen molar-refractivity contribution in [3.63, 3.8) is 0 Å². The first-order chi connectivity index (χ1) is 7.34. The van der Waals surface area contributed by atoms with Crippen LogP contribution in [0.1, 0.15) is 17.2 Å². The number of piperazine rings is 1. The molecule has 0 unspecified atom stereocenters. The predicted octanol–water partition coefficient (Wildman–Crippen LogP) is 1.95. The molecule has 1 N–H and O–H groups in total. The van der Waals surface area contributed by atoms with Crippen molar-refractivity contribution in [1.82, 2.24) is 10.2 Å². The molecule has 1 aromatic carbocycles. The van der Waals surface area contributed by atoms with Crippen molar-refractivity contribution < 1.29 is 0 Å². The van der Waals surface area contributed by atoms with Gasteiger partial charge in [-0.1, -0.05) is 22.0 Å². The van der Waals surface area contributed by atoms with E-state index >= 15 is 0 Å². The second-order valence-corrected chi connectivity index (χ2v) is 5.26. The molecule has 2 heterocycles. The molecule has 0 saturated carbocycles. The predicted molar refractivity (Wildman–Crippen MR) is 65.0 cm³/mol. The minimum atomic E-state index is 0.607. The topological polar surface area (TPSA) is 15.3 Å². The van der Waals surface area contributed by atoms with Crippen molar-refractivity contribution in [2.45, 2.75) is 12.5 Å². The zero-order valence-corrected chi connectivity index (χ0v) is 10.3. The van der Waals surface area contributed by atoms with Crippen molar-refractivity contribution in [2.75, 3.05) is 26.2 Å². The van der Waals surface area contributed by atoms with Gasteiger partial charge in [0.05, 0.1) is 0 Å². The van der Waals surface area contributed by atoms with Crippen LogP contribution in [-0.2, 0) is 6.42 Å². The summed E-state index contributed by atoms with van der Waals surface area (Å²) in [6.07, 6.45) is 1.20. The Labute approximate surface area is 98.8 Å². The van der Waals surface area contributed by atoms with Gasteiger partial charge in [-0.15, -0.1) is 0 Å². The van der Waals surface area contributed by atoms with E-state index in [2.05, 4.69) is 44.3 Å². The summed E-state index contributed by atoms with van der Waals surface area (Å²) in [7, 11) is 0. The average molecular weight is 267 g/mol. The number of hydrogen-bond donors (Lipinski definition) is 1. The first kappa shape index (κ1) is 9.82. The normalized spacial score (nSPS) is 25.8. The fourth-order valence-corrected chi connectivity index (χ4v) is 3.11. The van der Waals surface area contributed by atoms with Crippen LogP contribution in [0.4, 0.5) is 0 Å². The van der Waals surface area contributed by atoms with E-state index in [1.807, 2.05) is 0 Å². The number of nitrogens with zero attached hydrogens (tertiary/aromatic N) is 1. The van der Waals surface area contributed by atoms with E-state index in [4.69, 9.17) is 0 Å². The molecule has 1 aromatic rings. The third-order valence-corrected chi connectivity index (χ3v) is 3.98. The van der Waals surface area contributed by atoms with E-state index in [9.17, 15) is 0 Å². The van der Waals surface area contributed by atoms with E-state index in [1.165, 1.54) is 35.1 Å². The number of hydrogen-bond acceptors (Lipinski definition) is 2. The maximum atomic E-state index is 3.55. The smallest absolute Gasteiger partial charge is 0.0476 e. The first-order valence-electron chi connectivity index (χ1n) is 5.58. The number of rotatable bonds is 0. The van der Waals surface area contributed by atoms with Gasteiger partial charge < -0.3 is 5.32 Å². The van der Waals surface area contributed by atoms with Gasteiger partial charge in [0.25, 0.3) is 0 Å². The molecule has 0 spiro atoms. The molecule has 2 nitrogen and oxygen atoms in total. The van der Waals surface area contributed by atoms with E-state index in [0.717, 1.165) is 13.1 Å². The molecule has 0 bridgehead atoms. The maximum absolute atomic E-state index is 3.55. The third-order valence-electron chi connectivity index (χ3n) is 3.49. The molecular weight excluding hydrogens is 252 g/mol. The molecule has 2 aliphatic rings. The molecule has 0 amide bonds. The monoisotopic (exact) mass is 266 g/mol. The Balaban J connectivity index is 1.99. The lowest BCUT2D eigenvalue weighted by molar-refractivity contribution is 0.152. The van der Waals surface area contributed by atoms with Crippen molar-refractivity contribution >= 4 is 15.9 Å². The van der Waals surface area contributed by atoms with Gasteiger partial charge in [0.15, 0.2) is 0 Å². The van der Waals surface area contributed by atoms with Crippen LogP contribution < -0.4 is 5.32 Å². The minimum Gasteiger partial charge on any atom is -0.314 e. The number of benzene rings is 1. The van der Waals surface area contributed by atoms with Crippen molar-refractivity contribution in [3.05, 3.63) is 33.8 Å². The van der Waals surface area contributed by atoms with E-state index in [0.29, 0.717) is 6.04 Å². The highest BCUT2D eigenvalue weighted by Gasteiger charge is 2.28. The van der Waals surface area contributed by atoms with Gasteiger partial charge in [-0.2, -0.15) is 0 Å². The molecular formula is C12H15BrN2. The standard InChI is InChI=1S/C12H15BrN2/c13-10-1-2-11-9(7-10)3-5-15-6-4-14-8-12(11)15/h1-2,7,12,14H,3-6,8H2/t12-/m1/s1. The van der Waals surface area contributed by atoms with Gasteiger partial charge in [0.2, 0.25) is 0 Å². The zero-order valence-electron chi connectivity index (χ0n) is 8.67. The molecule has 3 rings (SSSR count). The van der Waals surface area contributed by atoms with Crippen molar-refractivity contribution in [3.8, 4) is 0 Å². The van der Waals surface area contributed by atoms with Gasteiger partial charge >= 0.3 is 0 Å². The Kier molecular flexibility index (Phi) is 2.54. The molecule has 0 aromatic heterocycles. The Morgan fingerprint density at radius 1 is 1.33 bits per heavy atom. The van der Waals surface area contributed by atoms with Crippen LogP contribution in [0.5, 0.6) is 0 Å². The Morgan fingerprint density at radius 3 is 3.20 bits per heavy atom. The minimum absolute atomic E-state index is 0.607. The molecule has 3 heteroatoms. The van der Waals surface area contributed by atoms with Crippen LogP contribution >= 0.6 is 15.9 Å². The maximum Gasteiger partial charge on any atom is 0.0476 e. The summed E-state index contributed by atoms with van der Waals surface area (Å²) in [5.41, 5.74) is 3.05. The Bertz CT molecular complexity index is 378. The fourth-order valence-electron chi connectivity index (χ4n) is 2.70. The Hall–Kier alpha value is -0.380. The molecule has 15 heavy (non-hydrogen) atoms. The SMILES string of the molecule is Brc1ccc2c(c1)CCN1CCNC[C@H]21. The lowest BCUT2D eigenvalue weighted by Gasteiger charge is -2.40. The van der Waals surface area contributed by atoms with Gasteiger partial charge in [-0.05, 0) is 29.7 Å². The largest absolute Gasteiger partial charge is 0.314 e. The van der Waals surface area contributed by atoms with Gasteiger partial charge in [-0.3, -0.25) is 4.90 Å². The summed E-state index contributed by atoms with van der Waals surface area (Å²) in [5.74, 6) is 0. The zero-order chi connectivity index (χ0) is 10.3. The molecule has 2 aliphatic heterocycles. The van der Waals surface area contributed by atoms with E-state index in [-0.39, 0.29) is 0 Å². The van der Waals surface area contributed by atoms with Crippen LogP contribution in [0, 0.1) is 0 Å². The lowest BCUT2D eigenvalue weighted by Crippen LogP contribution is -2.48. The van der Waals surface area contributed by atoms with Crippen LogP contribution in [0.3, 0.4) is 0 Å². The molecule has 80 valence electrons. The fraction of sp³-hybridized carbons (Fsp3) is 0.500. The highest BCUT2D eigenvalue weighted by atomic mass is 79.9. The van der Waals surface area contributed by atoms with Crippen LogP contribution in [-0.4, -0.2) is 31.1 Å². The second-order valence-electron chi connectivity index (χ2n) is 4.35. The van der Waals surface area contributed by atoms with Crippen LogP contribution in [0.2, 0.25) is 0 Å². The quantitative estimate of drug-likeness (QED) is 0.773. The summed E-state index contributed by atoms with van der Waals surface area (Å²) < 4.78 is 1.21. The summed E-state index contributed by atoms with van der Waals surface area (Å²) in [4.78, 5) is 2.60. The number of nitrogens with one attached hydrogen (secondary N) is 1. The summed E-state index contributed by atoms with van der Waals surface area (Å²) in [5, 5.41) is 3.49. The molecule has 0 radical (unpaired) electrons. The first-order valence-corrected chi connectivity index (χ1v) is 6.37. The average Bonchev–Trinajstić information content (AvgIpc) is 2.28. The summed E-state index contributed by atoms with van der Waals surface area (Å²) in [6.45, 7) is 4.66. The van der Waals surface area contributed by atoms with Gasteiger partial charge in [0.1, 0.15) is 0 Å². The van der Waals surface area contributed by atoms with E-state index < -0.39 is 0 Å². The Morgan fingerprint density at radius 2 is 2.27 bits per heavy atom. The highest BCUT2D eigenvalue weighted by Crippen LogP contribution is 2.31. The van der Waals surface area contributed by atoms with Crippen molar-refractivity contribution in [2.24, 2.45) is 0 Å². The summed E-state index contributed by atoms with van der Waals surface area (Å²) >= 11 is 3.55. The number of fused-ring (bicyclic) bond motifs is 3. The molecule has 1 saturated heterocycles. The third kappa shape index (κ3) is 1.73. The van der Waals surface area contributed by atoms with Crippen molar-refractivity contribution in [1.29, 1.82) is 0 Å². The van der Waals surface area contributed by atoms with Gasteiger partial charge in [-0.25, -0.2) is 0 Å². The van der Waals surface area contributed by atoms with Crippen LogP contribution in [0.15, 0.2) is 22.7 Å².